The van der Waals surface area contributed by atoms with E-state index in [-0.39, 0.29) is 18.4 Å². The molecular weight excluding hydrogens is 394 g/mol. The van der Waals surface area contributed by atoms with Crippen LogP contribution in [0.25, 0.3) is 0 Å². The van der Waals surface area contributed by atoms with Crippen molar-refractivity contribution in [3.8, 4) is 11.5 Å². The third-order valence-corrected chi connectivity index (χ3v) is 6.21. The number of aryl methyl sites for hydroxylation is 1. The quantitative estimate of drug-likeness (QED) is 0.708. The molecule has 1 heterocycles. The number of carbonyl (C=O) groups is 3. The Bertz CT molecular complexity index is 1000. The highest BCUT2D eigenvalue weighted by Gasteiger charge is 2.55. The van der Waals surface area contributed by atoms with Gasteiger partial charge in [0, 0.05) is 0 Å². The van der Waals surface area contributed by atoms with E-state index in [4.69, 9.17) is 4.74 Å². The summed E-state index contributed by atoms with van der Waals surface area (Å²) in [6.07, 6.45) is 3.43. The van der Waals surface area contributed by atoms with Crippen molar-refractivity contribution >= 4 is 23.5 Å². The largest absolute Gasteiger partial charge is 0.455 e. The molecule has 0 bridgehead atoms. The predicted molar refractivity (Wildman–Crippen MR) is 117 cm³/mol. The molecule has 7 heteroatoms. The number of carbonyl (C=O) groups excluding carboxylic acids is 3. The van der Waals surface area contributed by atoms with Crippen LogP contribution in [0.3, 0.4) is 0 Å². The minimum atomic E-state index is -0.873. The Labute approximate surface area is 181 Å². The highest BCUT2D eigenvalue weighted by Crippen LogP contribution is 2.38. The summed E-state index contributed by atoms with van der Waals surface area (Å²) in [7, 11) is 0. The maximum atomic E-state index is 13.1. The summed E-state index contributed by atoms with van der Waals surface area (Å²) in [5.74, 6) is 0.423. The van der Waals surface area contributed by atoms with Gasteiger partial charge in [-0.15, -0.1) is 0 Å². The summed E-state index contributed by atoms with van der Waals surface area (Å²) < 4.78 is 5.91. The average molecular weight is 421 g/mol. The number of rotatable bonds is 5. The van der Waals surface area contributed by atoms with E-state index >= 15 is 0 Å². The molecule has 0 radical (unpaired) electrons. The van der Waals surface area contributed by atoms with E-state index in [0.717, 1.165) is 29.7 Å². The maximum Gasteiger partial charge on any atom is 0.325 e. The fraction of sp³-hybridized carbons (Fsp3) is 0.375. The molecule has 2 atom stereocenters. The molecule has 2 aliphatic rings. The normalized spacial score (nSPS) is 23.0. The van der Waals surface area contributed by atoms with Crippen LogP contribution in [-0.2, 0) is 9.59 Å². The second-order valence-electron chi connectivity index (χ2n) is 8.40. The summed E-state index contributed by atoms with van der Waals surface area (Å²) in [6, 6.07) is 14.2. The van der Waals surface area contributed by atoms with Crippen LogP contribution in [0.1, 0.15) is 38.2 Å². The number of imide groups is 1. The highest BCUT2D eigenvalue weighted by molar-refractivity contribution is 6.10. The van der Waals surface area contributed by atoms with Crippen LogP contribution >= 0.6 is 0 Å². The Kier molecular flexibility index (Phi) is 5.67. The Hall–Kier alpha value is -3.35. The van der Waals surface area contributed by atoms with Gasteiger partial charge in [-0.3, -0.25) is 14.5 Å². The zero-order chi connectivity index (χ0) is 22.0. The number of nitrogens with zero attached hydrogens (tertiary/aromatic N) is 1. The van der Waals surface area contributed by atoms with E-state index in [1.54, 1.807) is 18.2 Å². The number of ether oxygens (including phenoxy) is 1. The standard InChI is InChI=1S/C24H27N3O4/c1-16-10-12-18(13-11-16)31-20-9-4-3-8-19(20)25-21(28)15-27-22(29)24(26-23(27)30)14-6-5-7-17(24)2/h3-4,8-13,17H,5-7,14-15H2,1-2H3,(H,25,28)(H,26,30). The minimum absolute atomic E-state index is 0.0504. The van der Waals surface area contributed by atoms with E-state index in [9.17, 15) is 14.4 Å². The number of para-hydroxylation sites is 2. The van der Waals surface area contributed by atoms with Gasteiger partial charge in [-0.05, 0) is 49.9 Å². The molecule has 7 nitrogen and oxygen atoms in total. The van der Waals surface area contributed by atoms with Crippen molar-refractivity contribution in [2.75, 3.05) is 11.9 Å². The zero-order valence-corrected chi connectivity index (χ0v) is 17.8. The molecule has 4 rings (SSSR count). The number of anilines is 1. The lowest BCUT2D eigenvalue weighted by Gasteiger charge is -2.36. The first-order chi connectivity index (χ1) is 14.9. The third-order valence-electron chi connectivity index (χ3n) is 6.21. The van der Waals surface area contributed by atoms with Crippen molar-refractivity contribution in [2.24, 2.45) is 5.92 Å². The van der Waals surface area contributed by atoms with Crippen molar-refractivity contribution in [3.05, 3.63) is 54.1 Å². The van der Waals surface area contributed by atoms with Gasteiger partial charge in [-0.1, -0.05) is 49.6 Å². The first-order valence-corrected chi connectivity index (χ1v) is 10.7. The Morgan fingerprint density at radius 2 is 1.90 bits per heavy atom. The number of hydrogen-bond donors (Lipinski definition) is 2. The van der Waals surface area contributed by atoms with Crippen LogP contribution in [0, 0.1) is 12.8 Å². The maximum absolute atomic E-state index is 13.1. The summed E-state index contributed by atoms with van der Waals surface area (Å²) >= 11 is 0. The first kappa shape index (κ1) is 20.9. The van der Waals surface area contributed by atoms with Crippen LogP contribution in [-0.4, -0.2) is 34.8 Å². The van der Waals surface area contributed by atoms with Crippen molar-refractivity contribution < 1.29 is 19.1 Å². The SMILES string of the molecule is Cc1ccc(Oc2ccccc2NC(=O)CN2C(=O)NC3(CCCCC3C)C2=O)cc1. The smallest absolute Gasteiger partial charge is 0.325 e. The van der Waals surface area contributed by atoms with Crippen molar-refractivity contribution in [1.82, 2.24) is 10.2 Å². The second kappa shape index (κ2) is 8.41. The number of amides is 4. The summed E-state index contributed by atoms with van der Waals surface area (Å²) in [5, 5.41) is 5.64. The van der Waals surface area contributed by atoms with E-state index < -0.39 is 17.5 Å². The molecule has 1 saturated carbocycles. The second-order valence-corrected chi connectivity index (χ2v) is 8.40. The lowest BCUT2D eigenvalue weighted by molar-refractivity contribution is -0.136. The lowest BCUT2D eigenvalue weighted by Crippen LogP contribution is -2.54. The van der Waals surface area contributed by atoms with E-state index in [1.165, 1.54) is 0 Å². The zero-order valence-electron chi connectivity index (χ0n) is 17.8. The molecule has 1 aliphatic heterocycles. The van der Waals surface area contributed by atoms with Gasteiger partial charge < -0.3 is 15.4 Å². The fourth-order valence-corrected chi connectivity index (χ4v) is 4.36. The van der Waals surface area contributed by atoms with Gasteiger partial charge in [-0.2, -0.15) is 0 Å². The fourth-order valence-electron chi connectivity index (χ4n) is 4.36. The Morgan fingerprint density at radius 1 is 1.16 bits per heavy atom. The molecule has 2 aromatic carbocycles. The summed E-state index contributed by atoms with van der Waals surface area (Å²) in [5.41, 5.74) is 0.718. The molecule has 1 spiro atoms. The molecule has 2 fully saturated rings. The first-order valence-electron chi connectivity index (χ1n) is 10.7. The average Bonchev–Trinajstić information content (AvgIpc) is 2.98. The molecule has 2 aromatic rings. The Morgan fingerprint density at radius 3 is 2.65 bits per heavy atom. The molecule has 31 heavy (non-hydrogen) atoms. The summed E-state index contributed by atoms with van der Waals surface area (Å²) in [6.45, 7) is 3.64. The molecule has 2 unspecified atom stereocenters. The topological polar surface area (TPSA) is 87.7 Å². The number of hydrogen-bond acceptors (Lipinski definition) is 4. The lowest BCUT2D eigenvalue weighted by atomic mass is 9.73. The van der Waals surface area contributed by atoms with Crippen LogP contribution in [0.2, 0.25) is 0 Å². The van der Waals surface area contributed by atoms with Crippen molar-refractivity contribution in [3.63, 3.8) is 0 Å². The summed E-state index contributed by atoms with van der Waals surface area (Å²) in [4.78, 5) is 39.3. The van der Waals surface area contributed by atoms with Gasteiger partial charge >= 0.3 is 6.03 Å². The predicted octanol–water partition coefficient (Wildman–Crippen LogP) is 4.23. The molecule has 2 N–H and O–H groups in total. The van der Waals surface area contributed by atoms with Crippen molar-refractivity contribution in [2.45, 2.75) is 45.1 Å². The van der Waals surface area contributed by atoms with E-state index in [0.29, 0.717) is 23.6 Å². The van der Waals surface area contributed by atoms with Crippen LogP contribution in [0.15, 0.2) is 48.5 Å². The van der Waals surface area contributed by atoms with E-state index in [2.05, 4.69) is 10.6 Å². The third kappa shape index (κ3) is 4.13. The molecular formula is C24H27N3O4. The molecule has 0 aromatic heterocycles. The number of benzene rings is 2. The minimum Gasteiger partial charge on any atom is -0.455 e. The molecule has 1 aliphatic carbocycles. The van der Waals surface area contributed by atoms with Crippen LogP contribution in [0.5, 0.6) is 11.5 Å². The monoisotopic (exact) mass is 421 g/mol. The molecule has 1 saturated heterocycles. The van der Waals surface area contributed by atoms with Gasteiger partial charge in [0.1, 0.15) is 17.8 Å². The van der Waals surface area contributed by atoms with Gasteiger partial charge in [0.25, 0.3) is 5.91 Å². The van der Waals surface area contributed by atoms with E-state index in [1.807, 2.05) is 44.2 Å². The van der Waals surface area contributed by atoms with Gasteiger partial charge in [0.05, 0.1) is 5.69 Å². The molecule has 4 amide bonds. The highest BCUT2D eigenvalue weighted by atomic mass is 16.5. The van der Waals surface area contributed by atoms with Crippen LogP contribution in [0.4, 0.5) is 10.5 Å². The number of urea groups is 1. The molecule has 162 valence electrons. The Balaban J connectivity index is 1.45. The van der Waals surface area contributed by atoms with Crippen molar-refractivity contribution in [1.29, 1.82) is 0 Å². The number of nitrogens with one attached hydrogen (secondary N) is 2. The van der Waals surface area contributed by atoms with Gasteiger partial charge in [0.2, 0.25) is 5.91 Å². The van der Waals surface area contributed by atoms with Gasteiger partial charge in [-0.25, -0.2) is 4.79 Å². The van der Waals surface area contributed by atoms with Crippen LogP contribution < -0.4 is 15.4 Å². The van der Waals surface area contributed by atoms with Gasteiger partial charge in [0.15, 0.2) is 5.75 Å².